The SMILES string of the molecule is CC1(C)CC(=O)C2=C(C1)Nc1cc(C(=O)c3ccccc3)ccc1N[C@H]2c1cccc(Cl)c1. The van der Waals surface area contributed by atoms with E-state index in [1.54, 1.807) is 0 Å². The molecule has 5 heteroatoms. The summed E-state index contributed by atoms with van der Waals surface area (Å²) in [7, 11) is 0. The minimum Gasteiger partial charge on any atom is -0.372 e. The number of halogens is 1. The van der Waals surface area contributed by atoms with Gasteiger partial charge in [0.1, 0.15) is 0 Å². The number of allylic oxidation sites excluding steroid dienone is 1. The number of anilines is 2. The van der Waals surface area contributed by atoms with Crippen molar-refractivity contribution in [1.82, 2.24) is 0 Å². The number of rotatable bonds is 3. The van der Waals surface area contributed by atoms with Gasteiger partial charge in [0.05, 0.1) is 17.4 Å². The second-order valence-electron chi connectivity index (χ2n) is 9.55. The van der Waals surface area contributed by atoms with Crippen LogP contribution in [0.3, 0.4) is 0 Å². The summed E-state index contributed by atoms with van der Waals surface area (Å²) in [5.41, 5.74) is 5.29. The molecule has 1 heterocycles. The van der Waals surface area contributed by atoms with E-state index in [-0.39, 0.29) is 23.0 Å². The molecule has 4 nitrogen and oxygen atoms in total. The quantitative estimate of drug-likeness (QED) is 0.426. The van der Waals surface area contributed by atoms with Gasteiger partial charge in [-0.3, -0.25) is 9.59 Å². The average Bonchev–Trinajstić information content (AvgIpc) is 2.94. The minimum absolute atomic E-state index is 0.0370. The number of hydrogen-bond acceptors (Lipinski definition) is 4. The summed E-state index contributed by atoms with van der Waals surface area (Å²) in [6.45, 7) is 4.22. The number of carbonyl (C=O) groups is 2. The fourth-order valence-electron chi connectivity index (χ4n) is 4.78. The molecular formula is C28H25ClN2O2. The standard InChI is InChI=1S/C28H25ClN2O2/c1-28(2)15-23-25(24(32)16-28)26(18-9-6-10-20(29)13-18)31-21-12-11-19(14-22(21)30-23)27(33)17-7-4-3-5-8-17/h3-14,26,30-31H,15-16H2,1-2H3/t26-/m0/s1. The van der Waals surface area contributed by atoms with Gasteiger partial charge in [-0.25, -0.2) is 0 Å². The second kappa shape index (κ2) is 8.20. The predicted octanol–water partition coefficient (Wildman–Crippen LogP) is 6.79. The smallest absolute Gasteiger partial charge is 0.193 e. The molecule has 0 bridgehead atoms. The van der Waals surface area contributed by atoms with E-state index in [2.05, 4.69) is 24.5 Å². The highest BCUT2D eigenvalue weighted by atomic mass is 35.5. The fraction of sp³-hybridized carbons (Fsp3) is 0.214. The fourth-order valence-corrected chi connectivity index (χ4v) is 4.98. The van der Waals surface area contributed by atoms with Crippen molar-refractivity contribution in [3.63, 3.8) is 0 Å². The van der Waals surface area contributed by atoms with Crippen LogP contribution in [0.15, 0.2) is 84.1 Å². The zero-order valence-electron chi connectivity index (χ0n) is 18.6. The van der Waals surface area contributed by atoms with Crippen LogP contribution in [0.4, 0.5) is 11.4 Å². The Hall–Kier alpha value is -3.37. The Morgan fingerprint density at radius 2 is 1.70 bits per heavy atom. The van der Waals surface area contributed by atoms with Crippen LogP contribution < -0.4 is 10.6 Å². The highest BCUT2D eigenvalue weighted by molar-refractivity contribution is 6.30. The molecule has 166 valence electrons. The number of benzene rings is 3. The molecule has 0 fully saturated rings. The molecule has 0 amide bonds. The van der Waals surface area contributed by atoms with Gasteiger partial charge >= 0.3 is 0 Å². The first-order chi connectivity index (χ1) is 15.8. The number of carbonyl (C=O) groups excluding carboxylic acids is 2. The topological polar surface area (TPSA) is 58.2 Å². The predicted molar refractivity (Wildman–Crippen MR) is 133 cm³/mol. The molecule has 0 unspecified atom stereocenters. The Morgan fingerprint density at radius 3 is 2.45 bits per heavy atom. The number of nitrogens with one attached hydrogen (secondary N) is 2. The van der Waals surface area contributed by atoms with E-state index in [4.69, 9.17) is 11.6 Å². The molecular weight excluding hydrogens is 432 g/mol. The number of fused-ring (bicyclic) bond motifs is 1. The van der Waals surface area contributed by atoms with Gasteiger partial charge in [0, 0.05) is 33.8 Å². The van der Waals surface area contributed by atoms with Crippen molar-refractivity contribution >= 4 is 34.5 Å². The molecule has 3 aromatic carbocycles. The molecule has 0 saturated carbocycles. The second-order valence-corrected chi connectivity index (χ2v) is 9.98. The van der Waals surface area contributed by atoms with Crippen molar-refractivity contribution in [1.29, 1.82) is 0 Å². The van der Waals surface area contributed by atoms with Crippen LogP contribution in [-0.4, -0.2) is 11.6 Å². The van der Waals surface area contributed by atoms with Crippen LogP contribution in [0.5, 0.6) is 0 Å². The monoisotopic (exact) mass is 456 g/mol. The lowest BCUT2D eigenvalue weighted by atomic mass is 9.73. The first-order valence-electron chi connectivity index (χ1n) is 11.1. The lowest BCUT2D eigenvalue weighted by Gasteiger charge is -2.34. The highest BCUT2D eigenvalue weighted by Crippen LogP contribution is 2.45. The highest BCUT2D eigenvalue weighted by Gasteiger charge is 2.38. The molecule has 1 aliphatic carbocycles. The van der Waals surface area contributed by atoms with Crippen LogP contribution in [-0.2, 0) is 4.79 Å². The van der Waals surface area contributed by atoms with E-state index in [0.29, 0.717) is 22.6 Å². The molecule has 5 rings (SSSR count). The summed E-state index contributed by atoms with van der Waals surface area (Å²) < 4.78 is 0. The summed E-state index contributed by atoms with van der Waals surface area (Å²) >= 11 is 6.29. The third-order valence-corrected chi connectivity index (χ3v) is 6.53. The molecule has 2 aliphatic rings. The van der Waals surface area contributed by atoms with Gasteiger partial charge in [0.2, 0.25) is 0 Å². The van der Waals surface area contributed by atoms with Crippen molar-refractivity contribution in [3.8, 4) is 0 Å². The van der Waals surface area contributed by atoms with Gasteiger partial charge in [-0.2, -0.15) is 0 Å². The molecule has 3 aromatic rings. The van der Waals surface area contributed by atoms with Gasteiger partial charge in [0.25, 0.3) is 0 Å². The Bertz CT molecular complexity index is 1290. The number of hydrogen-bond donors (Lipinski definition) is 2. The third kappa shape index (κ3) is 4.19. The van der Waals surface area contributed by atoms with Crippen LogP contribution in [0, 0.1) is 5.41 Å². The summed E-state index contributed by atoms with van der Waals surface area (Å²) in [4.78, 5) is 26.4. The van der Waals surface area contributed by atoms with E-state index < -0.39 is 0 Å². The average molecular weight is 457 g/mol. The largest absolute Gasteiger partial charge is 0.372 e. The van der Waals surface area contributed by atoms with Crippen LogP contribution in [0.2, 0.25) is 5.02 Å². The molecule has 1 atom stereocenters. The first kappa shape index (κ1) is 21.5. The Kier molecular flexibility index (Phi) is 5.34. The summed E-state index contributed by atoms with van der Waals surface area (Å²) in [5.74, 6) is 0.0877. The number of Topliss-reactive ketones (excluding diaryl/α,β-unsaturated/α-hetero) is 1. The van der Waals surface area contributed by atoms with Crippen molar-refractivity contribution in [2.24, 2.45) is 5.41 Å². The Labute approximate surface area is 198 Å². The number of ketones is 2. The van der Waals surface area contributed by atoms with E-state index in [9.17, 15) is 9.59 Å². The maximum absolute atomic E-state index is 13.4. The summed E-state index contributed by atoms with van der Waals surface area (Å²) in [6, 6.07) is 22.1. The van der Waals surface area contributed by atoms with Crippen LogP contribution >= 0.6 is 11.6 Å². The van der Waals surface area contributed by atoms with Gasteiger partial charge in [-0.15, -0.1) is 0 Å². The zero-order valence-corrected chi connectivity index (χ0v) is 19.4. The van der Waals surface area contributed by atoms with Crippen molar-refractivity contribution in [3.05, 3.63) is 106 Å². The lowest BCUT2D eigenvalue weighted by molar-refractivity contribution is -0.118. The van der Waals surface area contributed by atoms with Crippen molar-refractivity contribution < 1.29 is 9.59 Å². The maximum Gasteiger partial charge on any atom is 0.193 e. The molecule has 2 N–H and O–H groups in total. The van der Waals surface area contributed by atoms with E-state index in [1.165, 1.54) is 0 Å². The van der Waals surface area contributed by atoms with E-state index in [1.807, 2.05) is 72.8 Å². The van der Waals surface area contributed by atoms with Crippen molar-refractivity contribution in [2.45, 2.75) is 32.7 Å². The van der Waals surface area contributed by atoms with E-state index >= 15 is 0 Å². The lowest BCUT2D eigenvalue weighted by Crippen LogP contribution is -2.31. The molecule has 0 spiro atoms. The summed E-state index contributed by atoms with van der Waals surface area (Å²) in [5, 5.41) is 7.70. The zero-order chi connectivity index (χ0) is 23.2. The molecule has 1 aliphatic heterocycles. The molecule has 33 heavy (non-hydrogen) atoms. The maximum atomic E-state index is 13.4. The van der Waals surface area contributed by atoms with Gasteiger partial charge < -0.3 is 10.6 Å². The molecule has 0 radical (unpaired) electrons. The summed E-state index contributed by atoms with van der Waals surface area (Å²) in [6.07, 6.45) is 1.23. The van der Waals surface area contributed by atoms with Gasteiger partial charge in [-0.05, 0) is 47.7 Å². The molecule has 0 saturated heterocycles. The third-order valence-electron chi connectivity index (χ3n) is 6.29. The van der Waals surface area contributed by atoms with Gasteiger partial charge in [-0.1, -0.05) is 67.9 Å². The van der Waals surface area contributed by atoms with Crippen LogP contribution in [0.25, 0.3) is 0 Å². The van der Waals surface area contributed by atoms with Crippen molar-refractivity contribution in [2.75, 3.05) is 10.6 Å². The Morgan fingerprint density at radius 1 is 0.909 bits per heavy atom. The van der Waals surface area contributed by atoms with E-state index in [0.717, 1.165) is 34.6 Å². The normalized spacial score (nSPS) is 19.0. The Balaban J connectivity index is 1.61. The van der Waals surface area contributed by atoms with Gasteiger partial charge in [0.15, 0.2) is 11.6 Å². The first-order valence-corrected chi connectivity index (χ1v) is 11.5. The van der Waals surface area contributed by atoms with Crippen LogP contribution in [0.1, 0.15) is 54.2 Å². The molecule has 0 aromatic heterocycles. The minimum atomic E-state index is -0.327.